The van der Waals surface area contributed by atoms with E-state index in [2.05, 4.69) is 0 Å². The summed E-state index contributed by atoms with van der Waals surface area (Å²) in [6.07, 6.45) is 6.86. The Morgan fingerprint density at radius 2 is 1.75 bits per heavy atom. The van der Waals surface area contributed by atoms with Gasteiger partial charge >= 0.3 is 5.97 Å². The normalized spacial score (nSPS) is 15.4. The fraction of sp³-hybridized carbons (Fsp3) is 0.579. The number of rotatable bonds is 6. The van der Waals surface area contributed by atoms with Gasteiger partial charge in [-0.1, -0.05) is 37.8 Å². The summed E-state index contributed by atoms with van der Waals surface area (Å²) in [5.74, 6) is 0.212. The maximum absolute atomic E-state index is 13.1. The topological polar surface area (TPSA) is 55.8 Å². The summed E-state index contributed by atoms with van der Waals surface area (Å²) in [7, 11) is 2.94. The number of hydrogen-bond donors (Lipinski definition) is 0. The van der Waals surface area contributed by atoms with Gasteiger partial charge in [0.2, 0.25) is 0 Å². The van der Waals surface area contributed by atoms with Crippen LogP contribution in [0.5, 0.6) is 5.75 Å². The van der Waals surface area contributed by atoms with E-state index >= 15 is 0 Å². The second-order valence-corrected chi connectivity index (χ2v) is 6.17. The number of carbonyl (C=O) groups is 2. The van der Waals surface area contributed by atoms with Gasteiger partial charge in [0, 0.05) is 12.6 Å². The van der Waals surface area contributed by atoms with Crippen molar-refractivity contribution < 1.29 is 19.1 Å². The van der Waals surface area contributed by atoms with Crippen LogP contribution in [0.15, 0.2) is 24.3 Å². The van der Waals surface area contributed by atoms with E-state index in [-0.39, 0.29) is 24.3 Å². The van der Waals surface area contributed by atoms with Gasteiger partial charge in [-0.05, 0) is 25.0 Å². The quantitative estimate of drug-likeness (QED) is 0.591. The average molecular weight is 333 g/mol. The van der Waals surface area contributed by atoms with E-state index in [1.807, 2.05) is 17.0 Å². The Morgan fingerprint density at radius 1 is 1.08 bits per heavy atom. The molecule has 1 aliphatic rings. The second-order valence-electron chi connectivity index (χ2n) is 6.17. The number of ether oxygens (including phenoxy) is 2. The van der Waals surface area contributed by atoms with Gasteiger partial charge in [0.25, 0.3) is 5.91 Å². The molecule has 2 rings (SSSR count). The molecular weight excluding hydrogens is 306 g/mol. The molecule has 1 saturated carbocycles. The van der Waals surface area contributed by atoms with Crippen LogP contribution >= 0.6 is 0 Å². The third-order valence-corrected chi connectivity index (χ3v) is 4.65. The lowest BCUT2D eigenvalue weighted by Crippen LogP contribution is -2.41. The van der Waals surface area contributed by atoms with Crippen LogP contribution in [-0.4, -0.2) is 43.6 Å². The van der Waals surface area contributed by atoms with E-state index in [1.54, 1.807) is 19.2 Å². The Morgan fingerprint density at radius 3 is 2.38 bits per heavy atom. The lowest BCUT2D eigenvalue weighted by atomic mass is 10.0. The minimum absolute atomic E-state index is 0.0664. The van der Waals surface area contributed by atoms with Gasteiger partial charge in [-0.2, -0.15) is 0 Å². The summed E-state index contributed by atoms with van der Waals surface area (Å²) < 4.78 is 10.1. The van der Waals surface area contributed by atoms with Crippen LogP contribution in [0.25, 0.3) is 0 Å². The molecule has 0 N–H and O–H groups in total. The van der Waals surface area contributed by atoms with Crippen molar-refractivity contribution in [2.75, 3.05) is 20.8 Å². The zero-order valence-electron chi connectivity index (χ0n) is 14.6. The molecule has 1 aliphatic carbocycles. The van der Waals surface area contributed by atoms with Crippen molar-refractivity contribution in [1.29, 1.82) is 0 Å². The summed E-state index contributed by atoms with van der Waals surface area (Å²) >= 11 is 0. The molecule has 0 radical (unpaired) electrons. The third-order valence-electron chi connectivity index (χ3n) is 4.65. The predicted molar refractivity (Wildman–Crippen MR) is 92.2 cm³/mol. The van der Waals surface area contributed by atoms with E-state index in [9.17, 15) is 9.59 Å². The van der Waals surface area contributed by atoms with Gasteiger partial charge in [-0.15, -0.1) is 0 Å². The fourth-order valence-electron chi connectivity index (χ4n) is 3.31. The van der Waals surface area contributed by atoms with Crippen LogP contribution in [0.4, 0.5) is 0 Å². The lowest BCUT2D eigenvalue weighted by Gasteiger charge is -2.31. The van der Waals surface area contributed by atoms with Gasteiger partial charge in [-0.25, -0.2) is 0 Å². The Kier molecular flexibility index (Phi) is 7.09. The Bertz CT molecular complexity index is 550. The van der Waals surface area contributed by atoms with E-state index in [0.29, 0.717) is 17.9 Å². The molecule has 24 heavy (non-hydrogen) atoms. The van der Waals surface area contributed by atoms with Crippen LogP contribution < -0.4 is 4.74 Å². The van der Waals surface area contributed by atoms with Gasteiger partial charge in [0.1, 0.15) is 5.75 Å². The van der Waals surface area contributed by atoms with Crippen LogP contribution in [-0.2, 0) is 9.53 Å². The molecule has 5 nitrogen and oxygen atoms in total. The molecule has 0 bridgehead atoms. The third kappa shape index (κ3) is 4.73. The summed E-state index contributed by atoms with van der Waals surface area (Å²) in [5, 5.41) is 0. The predicted octanol–water partition coefficient (Wildman–Crippen LogP) is 3.42. The second kappa shape index (κ2) is 9.30. The van der Waals surface area contributed by atoms with Crippen molar-refractivity contribution in [1.82, 2.24) is 4.90 Å². The van der Waals surface area contributed by atoms with E-state index in [1.165, 1.54) is 20.0 Å². The maximum Gasteiger partial charge on any atom is 0.307 e. The smallest absolute Gasteiger partial charge is 0.307 e. The minimum atomic E-state index is -0.290. The molecule has 1 fully saturated rings. The van der Waals surface area contributed by atoms with Gasteiger partial charge in [-0.3, -0.25) is 9.59 Å². The monoisotopic (exact) mass is 333 g/mol. The first-order valence-corrected chi connectivity index (χ1v) is 8.68. The molecule has 0 aromatic heterocycles. The number of benzene rings is 1. The van der Waals surface area contributed by atoms with E-state index in [4.69, 9.17) is 9.47 Å². The highest BCUT2D eigenvalue weighted by Gasteiger charge is 2.27. The number of amides is 1. The van der Waals surface area contributed by atoms with Gasteiger partial charge in [0.05, 0.1) is 26.2 Å². The number of nitrogens with zero attached hydrogens (tertiary/aromatic N) is 1. The van der Waals surface area contributed by atoms with Crippen molar-refractivity contribution in [2.24, 2.45) is 0 Å². The van der Waals surface area contributed by atoms with Crippen LogP contribution in [0.1, 0.15) is 55.3 Å². The molecule has 0 atom stereocenters. The van der Waals surface area contributed by atoms with Gasteiger partial charge in [0.15, 0.2) is 0 Å². The first-order chi connectivity index (χ1) is 11.7. The average Bonchev–Trinajstić information content (AvgIpc) is 2.90. The Hall–Kier alpha value is -2.04. The van der Waals surface area contributed by atoms with Crippen molar-refractivity contribution >= 4 is 11.9 Å². The first-order valence-electron chi connectivity index (χ1n) is 8.68. The Balaban J connectivity index is 2.22. The van der Waals surface area contributed by atoms with E-state index in [0.717, 1.165) is 25.7 Å². The summed E-state index contributed by atoms with van der Waals surface area (Å²) in [6, 6.07) is 7.43. The minimum Gasteiger partial charge on any atom is -0.496 e. The zero-order valence-corrected chi connectivity index (χ0v) is 14.6. The molecule has 0 unspecified atom stereocenters. The molecule has 1 aromatic rings. The summed E-state index contributed by atoms with van der Waals surface area (Å²) in [6.45, 7) is 0.383. The molecule has 0 aliphatic heterocycles. The molecule has 1 aromatic carbocycles. The van der Waals surface area contributed by atoms with Gasteiger partial charge < -0.3 is 14.4 Å². The number of para-hydroxylation sites is 1. The lowest BCUT2D eigenvalue weighted by molar-refractivity contribution is -0.140. The van der Waals surface area contributed by atoms with E-state index < -0.39 is 0 Å². The number of methoxy groups -OCH3 is 2. The largest absolute Gasteiger partial charge is 0.496 e. The molecule has 1 amide bonds. The molecule has 0 spiro atoms. The molecular formula is C19H27NO4. The molecule has 5 heteroatoms. The summed E-state index contributed by atoms with van der Waals surface area (Å²) in [5.41, 5.74) is 0.550. The van der Waals surface area contributed by atoms with Crippen LogP contribution in [0.3, 0.4) is 0 Å². The van der Waals surface area contributed by atoms with Crippen LogP contribution in [0, 0.1) is 0 Å². The highest BCUT2D eigenvalue weighted by atomic mass is 16.5. The van der Waals surface area contributed by atoms with Crippen molar-refractivity contribution in [3.05, 3.63) is 29.8 Å². The Labute approximate surface area is 143 Å². The van der Waals surface area contributed by atoms with Crippen molar-refractivity contribution in [2.45, 2.75) is 51.0 Å². The first kappa shape index (κ1) is 18.3. The highest BCUT2D eigenvalue weighted by Crippen LogP contribution is 2.26. The highest BCUT2D eigenvalue weighted by molar-refractivity contribution is 5.97. The molecule has 0 saturated heterocycles. The maximum atomic E-state index is 13.1. The number of hydrogen-bond acceptors (Lipinski definition) is 4. The zero-order chi connectivity index (χ0) is 17.4. The standard InChI is InChI=1S/C19H27NO4/c1-23-17-12-8-7-11-16(17)19(22)20(14-13-18(21)24-2)15-9-5-3-4-6-10-15/h7-8,11-12,15H,3-6,9-10,13-14H2,1-2H3. The molecule has 0 heterocycles. The SMILES string of the molecule is COC(=O)CCN(C(=O)c1ccccc1OC)C1CCCCCC1. The number of esters is 1. The molecule has 132 valence electrons. The van der Waals surface area contributed by atoms with Crippen molar-refractivity contribution in [3.63, 3.8) is 0 Å². The van der Waals surface area contributed by atoms with Crippen molar-refractivity contribution in [3.8, 4) is 5.75 Å². The number of carbonyl (C=O) groups excluding carboxylic acids is 2. The van der Waals surface area contributed by atoms with Crippen LogP contribution in [0.2, 0.25) is 0 Å². The fourth-order valence-corrected chi connectivity index (χ4v) is 3.31. The summed E-state index contributed by atoms with van der Waals surface area (Å²) in [4.78, 5) is 26.5.